The number of carbonyl (C=O) groups is 2. The van der Waals surface area contributed by atoms with Gasteiger partial charge in [-0.15, -0.1) is 0 Å². The van der Waals surface area contributed by atoms with Crippen LogP contribution in [0.2, 0.25) is 0 Å². The van der Waals surface area contributed by atoms with E-state index in [2.05, 4.69) is 5.32 Å². The second-order valence-electron chi connectivity index (χ2n) is 5.19. The third-order valence-corrected chi connectivity index (χ3v) is 3.44. The van der Waals surface area contributed by atoms with Crippen LogP contribution in [0, 0.1) is 0 Å². The maximum absolute atomic E-state index is 13.1. The molecule has 6 heteroatoms. The van der Waals surface area contributed by atoms with Gasteiger partial charge in [0.25, 0.3) is 5.91 Å². The maximum Gasteiger partial charge on any atom is 0.308 e. The van der Waals surface area contributed by atoms with Crippen molar-refractivity contribution in [3.05, 3.63) is 29.8 Å². The standard InChI is InChI=1S/C15H17F2NO3/c1-10(19)21-13-5-3-2-4-12(13)14(20)18-11-6-8-15(16,17)9-7-11/h2-5,11H,6-9H2,1H3,(H,18,20). The normalized spacial score (nSPS) is 18.0. The van der Waals surface area contributed by atoms with Gasteiger partial charge in [0.2, 0.25) is 5.92 Å². The Labute approximate surface area is 121 Å². The molecule has 1 aromatic carbocycles. The number of carbonyl (C=O) groups excluding carboxylic acids is 2. The van der Waals surface area contributed by atoms with Crippen LogP contribution >= 0.6 is 0 Å². The van der Waals surface area contributed by atoms with E-state index in [9.17, 15) is 18.4 Å². The molecule has 1 aliphatic rings. The first-order valence-electron chi connectivity index (χ1n) is 6.83. The van der Waals surface area contributed by atoms with Crippen LogP contribution in [0.5, 0.6) is 5.75 Å². The predicted molar refractivity (Wildman–Crippen MR) is 72.4 cm³/mol. The molecule has 1 fully saturated rings. The average Bonchev–Trinajstić information content (AvgIpc) is 2.41. The SMILES string of the molecule is CC(=O)Oc1ccccc1C(=O)NC1CCC(F)(F)CC1. The number of hydrogen-bond donors (Lipinski definition) is 1. The molecule has 0 radical (unpaired) electrons. The molecule has 1 amide bonds. The topological polar surface area (TPSA) is 55.4 Å². The van der Waals surface area contributed by atoms with Gasteiger partial charge in [-0.25, -0.2) is 8.78 Å². The lowest BCUT2D eigenvalue weighted by Gasteiger charge is -2.28. The quantitative estimate of drug-likeness (QED) is 0.689. The van der Waals surface area contributed by atoms with Crippen LogP contribution in [-0.4, -0.2) is 23.8 Å². The van der Waals surface area contributed by atoms with Crippen LogP contribution in [0.4, 0.5) is 8.78 Å². The second kappa shape index (κ2) is 6.20. The van der Waals surface area contributed by atoms with E-state index in [1.807, 2.05) is 0 Å². The Hall–Kier alpha value is -1.98. The van der Waals surface area contributed by atoms with Gasteiger partial charge < -0.3 is 10.1 Å². The molecule has 1 saturated carbocycles. The fraction of sp³-hybridized carbons (Fsp3) is 0.467. The Bertz CT molecular complexity index is 535. The minimum Gasteiger partial charge on any atom is -0.426 e. The lowest BCUT2D eigenvalue weighted by Crippen LogP contribution is -2.40. The van der Waals surface area contributed by atoms with Crippen LogP contribution in [0.3, 0.4) is 0 Å². The zero-order valence-electron chi connectivity index (χ0n) is 11.7. The van der Waals surface area contributed by atoms with E-state index < -0.39 is 17.8 Å². The molecule has 1 N–H and O–H groups in total. The summed E-state index contributed by atoms with van der Waals surface area (Å²) in [5.41, 5.74) is 0.227. The van der Waals surface area contributed by atoms with E-state index in [-0.39, 0.29) is 43.0 Å². The molecule has 21 heavy (non-hydrogen) atoms. The Morgan fingerprint density at radius 3 is 2.48 bits per heavy atom. The third kappa shape index (κ3) is 4.24. The molecule has 1 aromatic rings. The largest absolute Gasteiger partial charge is 0.426 e. The molecule has 0 heterocycles. The zero-order valence-corrected chi connectivity index (χ0v) is 11.7. The first-order chi connectivity index (χ1) is 9.87. The molecule has 0 bridgehead atoms. The van der Waals surface area contributed by atoms with Crippen molar-refractivity contribution in [2.45, 2.75) is 44.6 Å². The fourth-order valence-corrected chi connectivity index (χ4v) is 2.35. The van der Waals surface area contributed by atoms with Crippen molar-refractivity contribution >= 4 is 11.9 Å². The molecular formula is C15H17F2NO3. The van der Waals surface area contributed by atoms with E-state index in [1.54, 1.807) is 12.1 Å². The van der Waals surface area contributed by atoms with Gasteiger partial charge in [-0.3, -0.25) is 9.59 Å². The van der Waals surface area contributed by atoms with Gasteiger partial charge in [-0.05, 0) is 25.0 Å². The number of amides is 1. The van der Waals surface area contributed by atoms with Gasteiger partial charge in [-0.2, -0.15) is 0 Å². The highest BCUT2D eigenvalue weighted by Gasteiger charge is 2.35. The Balaban J connectivity index is 2.02. The zero-order chi connectivity index (χ0) is 15.5. The molecular weight excluding hydrogens is 280 g/mol. The molecule has 0 atom stereocenters. The summed E-state index contributed by atoms with van der Waals surface area (Å²) in [5, 5.41) is 2.72. The third-order valence-electron chi connectivity index (χ3n) is 3.44. The summed E-state index contributed by atoms with van der Waals surface area (Å²) in [6.07, 6.45) is 0.0516. The van der Waals surface area contributed by atoms with Crippen LogP contribution in [0.15, 0.2) is 24.3 Å². The Morgan fingerprint density at radius 1 is 1.24 bits per heavy atom. The van der Waals surface area contributed by atoms with E-state index >= 15 is 0 Å². The molecule has 0 saturated heterocycles. The van der Waals surface area contributed by atoms with Crippen molar-refractivity contribution in [2.75, 3.05) is 0 Å². The van der Waals surface area contributed by atoms with E-state index in [1.165, 1.54) is 19.1 Å². The molecule has 0 aromatic heterocycles. The number of para-hydroxylation sites is 1. The molecule has 0 unspecified atom stereocenters. The van der Waals surface area contributed by atoms with Gasteiger partial charge >= 0.3 is 5.97 Å². The molecule has 0 aliphatic heterocycles. The molecule has 1 aliphatic carbocycles. The molecule has 4 nitrogen and oxygen atoms in total. The first kappa shape index (κ1) is 15.4. The smallest absolute Gasteiger partial charge is 0.308 e. The average molecular weight is 297 g/mol. The number of esters is 1. The molecule has 114 valence electrons. The van der Waals surface area contributed by atoms with E-state index in [4.69, 9.17) is 4.74 Å². The highest BCUT2D eigenvalue weighted by Crippen LogP contribution is 2.33. The van der Waals surface area contributed by atoms with Crippen molar-refractivity contribution in [1.29, 1.82) is 0 Å². The van der Waals surface area contributed by atoms with Crippen LogP contribution in [0.25, 0.3) is 0 Å². The lowest BCUT2D eigenvalue weighted by molar-refractivity contribution is -0.131. The van der Waals surface area contributed by atoms with Gasteiger partial charge in [0.1, 0.15) is 5.75 Å². The van der Waals surface area contributed by atoms with Gasteiger partial charge in [0.05, 0.1) is 5.56 Å². The maximum atomic E-state index is 13.1. The summed E-state index contributed by atoms with van der Waals surface area (Å²) < 4.78 is 31.1. The molecule has 2 rings (SSSR count). The fourth-order valence-electron chi connectivity index (χ4n) is 2.35. The summed E-state index contributed by atoms with van der Waals surface area (Å²) in [4.78, 5) is 23.2. The predicted octanol–water partition coefficient (Wildman–Crippen LogP) is 2.92. The summed E-state index contributed by atoms with van der Waals surface area (Å²) in [6.45, 7) is 1.25. The minimum atomic E-state index is -2.63. The Morgan fingerprint density at radius 2 is 1.86 bits per heavy atom. The van der Waals surface area contributed by atoms with Crippen LogP contribution < -0.4 is 10.1 Å². The second-order valence-corrected chi connectivity index (χ2v) is 5.19. The van der Waals surface area contributed by atoms with Crippen molar-refractivity contribution < 1.29 is 23.1 Å². The number of rotatable bonds is 3. The number of benzene rings is 1. The minimum absolute atomic E-state index is 0.170. The number of alkyl halides is 2. The monoisotopic (exact) mass is 297 g/mol. The number of halogens is 2. The van der Waals surface area contributed by atoms with Gasteiger partial charge in [0, 0.05) is 25.8 Å². The van der Waals surface area contributed by atoms with Crippen LogP contribution in [-0.2, 0) is 4.79 Å². The van der Waals surface area contributed by atoms with Crippen molar-refractivity contribution in [1.82, 2.24) is 5.32 Å². The van der Waals surface area contributed by atoms with Crippen molar-refractivity contribution in [2.24, 2.45) is 0 Å². The van der Waals surface area contributed by atoms with Gasteiger partial charge in [-0.1, -0.05) is 12.1 Å². The first-order valence-corrected chi connectivity index (χ1v) is 6.83. The lowest BCUT2D eigenvalue weighted by atomic mass is 9.92. The van der Waals surface area contributed by atoms with E-state index in [0.717, 1.165) is 0 Å². The highest BCUT2D eigenvalue weighted by molar-refractivity contribution is 5.97. The summed E-state index contributed by atoms with van der Waals surface area (Å²) in [5.74, 6) is -3.39. The van der Waals surface area contributed by atoms with Crippen LogP contribution in [0.1, 0.15) is 43.0 Å². The van der Waals surface area contributed by atoms with Crippen molar-refractivity contribution in [3.63, 3.8) is 0 Å². The summed E-state index contributed by atoms with van der Waals surface area (Å²) in [6, 6.07) is 6.08. The number of ether oxygens (including phenoxy) is 1. The van der Waals surface area contributed by atoms with Crippen molar-refractivity contribution in [3.8, 4) is 5.75 Å². The summed E-state index contributed by atoms with van der Waals surface area (Å²) in [7, 11) is 0. The number of hydrogen-bond acceptors (Lipinski definition) is 3. The Kier molecular flexibility index (Phi) is 4.55. The molecule has 0 spiro atoms. The highest BCUT2D eigenvalue weighted by atomic mass is 19.3. The van der Waals surface area contributed by atoms with E-state index in [0.29, 0.717) is 0 Å². The summed E-state index contributed by atoms with van der Waals surface area (Å²) >= 11 is 0. The number of nitrogens with one attached hydrogen (secondary N) is 1. The van der Waals surface area contributed by atoms with Gasteiger partial charge in [0.15, 0.2) is 0 Å².